The number of hydrogen-bond donors (Lipinski definition) is 2. The molecule has 1 atom stereocenters. The molecule has 2 fully saturated rings. The average Bonchev–Trinajstić information content (AvgIpc) is 3.72. The molecule has 1 aromatic carbocycles. The highest BCUT2D eigenvalue weighted by Crippen LogP contribution is 2.39. The molecule has 5 aromatic rings. The quantitative estimate of drug-likeness (QED) is 0.201. The Morgan fingerprint density at radius 3 is 2.57 bits per heavy atom. The molecule has 3 amide bonds. The summed E-state index contributed by atoms with van der Waals surface area (Å²) >= 11 is 0. The van der Waals surface area contributed by atoms with Crippen molar-refractivity contribution < 1.29 is 32.3 Å². The fraction of sp³-hybridized carbons (Fsp3) is 0.410. The predicted molar refractivity (Wildman–Crippen MR) is 200 cm³/mol. The van der Waals surface area contributed by atoms with Crippen molar-refractivity contribution in [2.75, 3.05) is 32.1 Å². The molecule has 1 saturated heterocycles. The summed E-state index contributed by atoms with van der Waals surface area (Å²) in [7, 11) is 3.31. The minimum Gasteiger partial charge on any atom is -0.496 e. The maximum atomic E-state index is 13.5. The summed E-state index contributed by atoms with van der Waals surface area (Å²) in [6.07, 6.45) is 6.14. The summed E-state index contributed by atoms with van der Waals surface area (Å²) in [5, 5.41) is 10.4. The molecule has 292 valence electrons. The largest absolute Gasteiger partial charge is 0.496 e. The van der Waals surface area contributed by atoms with Crippen molar-refractivity contribution in [2.24, 2.45) is 13.0 Å². The fourth-order valence-electron chi connectivity index (χ4n) is 8.33. The number of ether oxygens (including phenoxy) is 1. The van der Waals surface area contributed by atoms with Gasteiger partial charge in [-0.2, -0.15) is 18.3 Å². The molecule has 14 nitrogen and oxygen atoms in total. The number of fused-ring (bicyclic) bond motifs is 2. The summed E-state index contributed by atoms with van der Waals surface area (Å²) in [6.45, 7) is 2.54. The monoisotopic (exact) mass is 771 g/mol. The van der Waals surface area contributed by atoms with E-state index < -0.39 is 29.7 Å². The number of aryl methyl sites for hydroxylation is 1. The van der Waals surface area contributed by atoms with Crippen molar-refractivity contribution in [1.29, 1.82) is 0 Å². The molecule has 0 spiro atoms. The van der Waals surface area contributed by atoms with Crippen molar-refractivity contribution >= 4 is 51.0 Å². The Labute approximate surface area is 318 Å². The van der Waals surface area contributed by atoms with Crippen LogP contribution in [0.3, 0.4) is 0 Å². The minimum absolute atomic E-state index is 0.170. The zero-order valence-electron chi connectivity index (χ0n) is 30.8. The van der Waals surface area contributed by atoms with Crippen LogP contribution in [-0.4, -0.2) is 78.2 Å². The topological polar surface area (TPSA) is 158 Å². The third-order valence-corrected chi connectivity index (χ3v) is 11.2. The number of aromatic nitrogens is 6. The standard InChI is InChI=1S/C39H40F3N9O5/c1-48-35-28(51(38(48)55)29-11-13-33(52)46-37(29)54)10-12-30(56-2)34(35)23-14-16-49(17-15-23)20-22-6-8-25(9-7-22)50-21-24-18-32(43-19-27(24)47-50)45-36(53)26-4-3-5-31(44-26)39(40,41)42/h3-5,10,12,14,18-19,21-22,25,29H,6-9,11,13,15-17,20H2,1-2H3,(H,45,53)(H,46,52,54). The van der Waals surface area contributed by atoms with E-state index in [-0.39, 0.29) is 42.0 Å². The maximum Gasteiger partial charge on any atom is 0.433 e. The Bertz CT molecular complexity index is 2460. The fourth-order valence-corrected chi connectivity index (χ4v) is 8.33. The van der Waals surface area contributed by atoms with Gasteiger partial charge < -0.3 is 10.1 Å². The van der Waals surface area contributed by atoms with Crippen LogP contribution in [-0.2, 0) is 22.8 Å². The lowest BCUT2D eigenvalue weighted by Crippen LogP contribution is -2.44. The third-order valence-electron chi connectivity index (χ3n) is 11.2. The molecule has 56 heavy (non-hydrogen) atoms. The van der Waals surface area contributed by atoms with E-state index in [1.165, 1.54) is 16.8 Å². The van der Waals surface area contributed by atoms with Gasteiger partial charge in [0.15, 0.2) is 0 Å². The second-order valence-corrected chi connectivity index (χ2v) is 14.7. The van der Waals surface area contributed by atoms with Gasteiger partial charge in [0.1, 0.15) is 34.5 Å². The Kier molecular flexibility index (Phi) is 9.72. The van der Waals surface area contributed by atoms with Gasteiger partial charge in [-0.25, -0.2) is 14.8 Å². The first kappa shape index (κ1) is 37.1. The number of anilines is 1. The highest BCUT2D eigenvalue weighted by atomic mass is 19.4. The van der Waals surface area contributed by atoms with E-state index >= 15 is 0 Å². The van der Waals surface area contributed by atoms with Gasteiger partial charge in [0.25, 0.3) is 5.91 Å². The maximum absolute atomic E-state index is 13.5. The zero-order valence-corrected chi connectivity index (χ0v) is 30.8. The van der Waals surface area contributed by atoms with Crippen LogP contribution in [0.15, 0.2) is 59.7 Å². The molecule has 0 bridgehead atoms. The van der Waals surface area contributed by atoms with Crippen molar-refractivity contribution in [2.45, 2.75) is 63.2 Å². The van der Waals surface area contributed by atoms with Crippen LogP contribution in [0, 0.1) is 5.92 Å². The Morgan fingerprint density at radius 1 is 1.05 bits per heavy atom. The van der Waals surface area contributed by atoms with E-state index in [2.05, 4.69) is 31.6 Å². The Balaban J connectivity index is 0.901. The molecule has 3 aliphatic rings. The number of carbonyl (C=O) groups excluding carboxylic acids is 3. The lowest BCUT2D eigenvalue weighted by atomic mass is 9.85. The second-order valence-electron chi connectivity index (χ2n) is 14.7. The number of alkyl halides is 3. The van der Waals surface area contributed by atoms with E-state index in [1.807, 2.05) is 16.9 Å². The number of imide groups is 1. The minimum atomic E-state index is -4.66. The number of nitrogens with one attached hydrogen (secondary N) is 2. The molecule has 2 N–H and O–H groups in total. The van der Waals surface area contributed by atoms with Gasteiger partial charge in [-0.3, -0.25) is 38.4 Å². The summed E-state index contributed by atoms with van der Waals surface area (Å²) in [5.74, 6) is -0.240. The number of amides is 3. The van der Waals surface area contributed by atoms with Gasteiger partial charge in [0.2, 0.25) is 11.8 Å². The van der Waals surface area contributed by atoms with Crippen LogP contribution in [0.25, 0.3) is 27.5 Å². The number of imidazole rings is 1. The number of benzene rings is 1. The third kappa shape index (κ3) is 7.06. The highest BCUT2D eigenvalue weighted by molar-refractivity contribution is 6.03. The van der Waals surface area contributed by atoms with Crippen molar-refractivity contribution in [3.63, 3.8) is 0 Å². The number of methoxy groups -OCH3 is 1. The van der Waals surface area contributed by atoms with Crippen molar-refractivity contribution in [3.8, 4) is 5.75 Å². The van der Waals surface area contributed by atoms with E-state index in [9.17, 15) is 32.3 Å². The van der Waals surface area contributed by atoms with Gasteiger partial charge in [-0.15, -0.1) is 0 Å². The van der Waals surface area contributed by atoms with Crippen LogP contribution in [0.1, 0.15) is 78.8 Å². The van der Waals surface area contributed by atoms with E-state index in [4.69, 9.17) is 9.84 Å². The van der Waals surface area contributed by atoms with E-state index in [1.54, 1.807) is 30.9 Å². The smallest absolute Gasteiger partial charge is 0.433 e. The molecule has 0 radical (unpaired) electrons. The first-order chi connectivity index (χ1) is 26.9. The number of rotatable bonds is 8. The molecular formula is C39H40F3N9O5. The molecule has 6 heterocycles. The number of nitrogens with zero attached hydrogens (tertiary/aromatic N) is 7. The second kappa shape index (κ2) is 14.7. The molecule has 1 saturated carbocycles. The van der Waals surface area contributed by atoms with Gasteiger partial charge in [0, 0.05) is 50.2 Å². The normalized spacial score (nSPS) is 20.9. The Hall–Kier alpha value is -5.84. The molecule has 2 aliphatic heterocycles. The highest BCUT2D eigenvalue weighted by Gasteiger charge is 2.34. The van der Waals surface area contributed by atoms with Crippen LogP contribution in [0.4, 0.5) is 19.0 Å². The number of piperidine rings is 1. The first-order valence-corrected chi connectivity index (χ1v) is 18.6. The summed E-state index contributed by atoms with van der Waals surface area (Å²) < 4.78 is 50.0. The lowest BCUT2D eigenvalue weighted by Gasteiger charge is -2.34. The predicted octanol–water partition coefficient (Wildman–Crippen LogP) is 5.26. The molecule has 4 aromatic heterocycles. The molecule has 1 unspecified atom stereocenters. The first-order valence-electron chi connectivity index (χ1n) is 18.6. The van der Waals surface area contributed by atoms with Crippen LogP contribution >= 0.6 is 0 Å². The SMILES string of the molecule is COc1ccc2c(c1C1=CCN(CC3CCC(n4cc5cc(NC(=O)c6cccc(C(F)(F)F)n6)ncc5n4)CC3)CC1)n(C)c(=O)n2C1CCC(=O)NC1=O. The summed E-state index contributed by atoms with van der Waals surface area (Å²) in [4.78, 5) is 60.9. The van der Waals surface area contributed by atoms with Gasteiger partial charge in [-0.1, -0.05) is 12.1 Å². The lowest BCUT2D eigenvalue weighted by molar-refractivity contribution is -0.141. The average molecular weight is 772 g/mol. The van der Waals surface area contributed by atoms with Gasteiger partial charge in [-0.05, 0) is 80.3 Å². The van der Waals surface area contributed by atoms with Crippen LogP contribution < -0.4 is 21.1 Å². The van der Waals surface area contributed by atoms with Crippen molar-refractivity contribution in [3.05, 3.63) is 82.3 Å². The van der Waals surface area contributed by atoms with Gasteiger partial charge >= 0.3 is 11.9 Å². The number of hydrogen-bond acceptors (Lipinski definition) is 9. The van der Waals surface area contributed by atoms with E-state index in [0.29, 0.717) is 28.2 Å². The van der Waals surface area contributed by atoms with Crippen LogP contribution in [0.5, 0.6) is 5.75 Å². The summed E-state index contributed by atoms with van der Waals surface area (Å²) in [6, 6.07) is 7.89. The summed E-state index contributed by atoms with van der Waals surface area (Å²) in [5.41, 5.74) is 2.09. The molecular weight excluding hydrogens is 731 g/mol. The zero-order chi connectivity index (χ0) is 39.3. The number of pyridine rings is 2. The molecule has 17 heteroatoms. The van der Waals surface area contributed by atoms with Crippen molar-refractivity contribution in [1.82, 2.24) is 39.1 Å². The molecule has 1 aliphatic carbocycles. The number of carbonyl (C=O) groups is 3. The molecule has 8 rings (SSSR count). The van der Waals surface area contributed by atoms with Gasteiger partial charge in [0.05, 0.1) is 30.4 Å². The Morgan fingerprint density at radius 2 is 1.86 bits per heavy atom. The van der Waals surface area contributed by atoms with E-state index in [0.717, 1.165) is 80.4 Å². The number of halogens is 3. The van der Waals surface area contributed by atoms with Crippen LogP contribution in [0.2, 0.25) is 0 Å².